The van der Waals surface area contributed by atoms with Gasteiger partial charge in [0.1, 0.15) is 5.15 Å². The highest BCUT2D eigenvalue weighted by Crippen LogP contribution is 2.30. The summed E-state index contributed by atoms with van der Waals surface area (Å²) in [6, 6.07) is 18.4. The van der Waals surface area contributed by atoms with E-state index in [9.17, 15) is 0 Å². The van der Waals surface area contributed by atoms with Gasteiger partial charge in [-0.3, -0.25) is 0 Å². The summed E-state index contributed by atoms with van der Waals surface area (Å²) in [4.78, 5) is 4.11. The van der Waals surface area contributed by atoms with Crippen LogP contribution in [0.4, 0.5) is 0 Å². The average molecular weight is 240 g/mol. The Labute approximate surface area is 105 Å². The van der Waals surface area contributed by atoms with E-state index in [0.717, 1.165) is 10.8 Å². The Kier molecular flexibility index (Phi) is 2.54. The monoisotopic (exact) mass is 239 g/mol. The summed E-state index contributed by atoms with van der Waals surface area (Å²) in [5, 5.41) is 2.69. The van der Waals surface area contributed by atoms with E-state index in [-0.39, 0.29) is 0 Å². The molecule has 0 amide bonds. The molecule has 0 saturated heterocycles. The molecule has 2 aromatic carbocycles. The Morgan fingerprint density at radius 2 is 1.59 bits per heavy atom. The summed E-state index contributed by atoms with van der Waals surface area (Å²) in [6.07, 6.45) is 1.75. The van der Waals surface area contributed by atoms with Crippen LogP contribution in [0.15, 0.2) is 60.8 Å². The van der Waals surface area contributed by atoms with Crippen molar-refractivity contribution in [2.24, 2.45) is 0 Å². The van der Waals surface area contributed by atoms with Crippen molar-refractivity contribution in [1.82, 2.24) is 4.98 Å². The largest absolute Gasteiger partial charge is 0.244 e. The zero-order valence-corrected chi connectivity index (χ0v) is 9.85. The van der Waals surface area contributed by atoms with Crippen LogP contribution in [0.5, 0.6) is 0 Å². The Balaban J connectivity index is 2.35. The summed E-state index contributed by atoms with van der Waals surface area (Å²) >= 11 is 6.11. The topological polar surface area (TPSA) is 12.9 Å². The molecule has 0 aliphatic carbocycles. The molecule has 82 valence electrons. The van der Waals surface area contributed by atoms with Crippen molar-refractivity contribution in [2.75, 3.05) is 0 Å². The van der Waals surface area contributed by atoms with Crippen molar-refractivity contribution in [3.8, 4) is 11.1 Å². The van der Waals surface area contributed by atoms with Crippen LogP contribution in [0.1, 0.15) is 0 Å². The van der Waals surface area contributed by atoms with E-state index in [0.29, 0.717) is 5.15 Å². The molecule has 0 saturated carbocycles. The van der Waals surface area contributed by atoms with Crippen molar-refractivity contribution in [1.29, 1.82) is 0 Å². The van der Waals surface area contributed by atoms with E-state index in [1.807, 2.05) is 36.4 Å². The molecule has 0 bridgehead atoms. The number of hydrogen-bond donors (Lipinski definition) is 0. The van der Waals surface area contributed by atoms with Crippen molar-refractivity contribution >= 4 is 22.4 Å². The van der Waals surface area contributed by atoms with Gasteiger partial charge in [-0.15, -0.1) is 0 Å². The van der Waals surface area contributed by atoms with Crippen LogP contribution in [0, 0.1) is 0 Å². The number of pyridine rings is 1. The van der Waals surface area contributed by atoms with E-state index in [4.69, 9.17) is 11.6 Å². The van der Waals surface area contributed by atoms with Gasteiger partial charge in [-0.2, -0.15) is 0 Å². The molecule has 3 aromatic rings. The summed E-state index contributed by atoms with van der Waals surface area (Å²) < 4.78 is 0. The molecule has 3 rings (SSSR count). The van der Waals surface area contributed by atoms with Crippen LogP contribution >= 0.6 is 11.6 Å². The van der Waals surface area contributed by atoms with Gasteiger partial charge in [-0.05, 0) is 22.6 Å². The minimum Gasteiger partial charge on any atom is -0.244 e. The standard InChI is InChI=1S/C15H10ClN/c16-15-14-8-4-7-12(13(14)9-10-17-15)11-5-2-1-3-6-11/h1-10H. The average Bonchev–Trinajstić information content (AvgIpc) is 2.40. The lowest BCUT2D eigenvalue weighted by molar-refractivity contribution is 1.36. The third kappa shape index (κ3) is 1.79. The quantitative estimate of drug-likeness (QED) is 0.568. The van der Waals surface area contributed by atoms with Crippen molar-refractivity contribution in [2.45, 2.75) is 0 Å². The number of aromatic nitrogens is 1. The predicted octanol–water partition coefficient (Wildman–Crippen LogP) is 4.56. The van der Waals surface area contributed by atoms with Gasteiger partial charge in [-0.25, -0.2) is 4.98 Å². The van der Waals surface area contributed by atoms with Crippen molar-refractivity contribution in [3.05, 3.63) is 65.9 Å². The SMILES string of the molecule is Clc1nccc2c(-c3ccccc3)cccc12. The maximum atomic E-state index is 6.11. The number of halogens is 1. The lowest BCUT2D eigenvalue weighted by Crippen LogP contribution is -1.83. The molecule has 0 fully saturated rings. The maximum Gasteiger partial charge on any atom is 0.136 e. The third-order valence-electron chi connectivity index (χ3n) is 2.84. The van der Waals surface area contributed by atoms with Gasteiger partial charge < -0.3 is 0 Å². The molecule has 0 radical (unpaired) electrons. The van der Waals surface area contributed by atoms with Crippen LogP contribution in [-0.4, -0.2) is 4.98 Å². The zero-order chi connectivity index (χ0) is 11.7. The van der Waals surface area contributed by atoms with Gasteiger partial charge in [0, 0.05) is 11.6 Å². The Morgan fingerprint density at radius 3 is 2.41 bits per heavy atom. The number of nitrogens with zero attached hydrogens (tertiary/aromatic N) is 1. The summed E-state index contributed by atoms with van der Waals surface area (Å²) in [5.41, 5.74) is 2.38. The van der Waals surface area contributed by atoms with Gasteiger partial charge in [0.2, 0.25) is 0 Å². The van der Waals surface area contributed by atoms with Crippen molar-refractivity contribution in [3.63, 3.8) is 0 Å². The van der Waals surface area contributed by atoms with Crippen LogP contribution in [-0.2, 0) is 0 Å². The van der Waals surface area contributed by atoms with Gasteiger partial charge >= 0.3 is 0 Å². The van der Waals surface area contributed by atoms with Crippen LogP contribution < -0.4 is 0 Å². The molecular formula is C15H10ClN. The Bertz CT molecular complexity index is 662. The second-order valence-corrected chi connectivity index (χ2v) is 4.23. The lowest BCUT2D eigenvalue weighted by Gasteiger charge is -2.07. The highest BCUT2D eigenvalue weighted by molar-refractivity contribution is 6.34. The van der Waals surface area contributed by atoms with Gasteiger partial charge in [0.25, 0.3) is 0 Å². The second-order valence-electron chi connectivity index (χ2n) is 3.87. The number of benzene rings is 2. The summed E-state index contributed by atoms with van der Waals surface area (Å²) in [7, 11) is 0. The van der Waals surface area contributed by atoms with E-state index in [1.165, 1.54) is 11.1 Å². The number of rotatable bonds is 1. The minimum atomic E-state index is 0.556. The molecule has 2 heteroatoms. The van der Waals surface area contributed by atoms with E-state index >= 15 is 0 Å². The molecule has 0 spiro atoms. The first kappa shape index (κ1) is 10.3. The molecule has 1 aromatic heterocycles. The Hall–Kier alpha value is -1.86. The highest BCUT2D eigenvalue weighted by Gasteiger charge is 2.05. The molecule has 0 atom stereocenters. The molecule has 0 N–H and O–H groups in total. The fourth-order valence-corrected chi connectivity index (χ4v) is 2.26. The molecule has 0 aliphatic heterocycles. The van der Waals surface area contributed by atoms with E-state index in [2.05, 4.69) is 23.2 Å². The zero-order valence-electron chi connectivity index (χ0n) is 9.10. The molecule has 0 aliphatic rings. The normalized spacial score (nSPS) is 10.6. The number of hydrogen-bond acceptors (Lipinski definition) is 1. The van der Waals surface area contributed by atoms with Gasteiger partial charge in [0.15, 0.2) is 0 Å². The fourth-order valence-electron chi connectivity index (χ4n) is 2.04. The molecular weight excluding hydrogens is 230 g/mol. The van der Waals surface area contributed by atoms with Gasteiger partial charge in [-0.1, -0.05) is 60.1 Å². The summed E-state index contributed by atoms with van der Waals surface area (Å²) in [5.74, 6) is 0. The van der Waals surface area contributed by atoms with E-state index in [1.54, 1.807) is 6.20 Å². The predicted molar refractivity (Wildman–Crippen MR) is 72.2 cm³/mol. The van der Waals surface area contributed by atoms with Crippen LogP contribution in [0.25, 0.3) is 21.9 Å². The highest BCUT2D eigenvalue weighted by atomic mass is 35.5. The molecule has 1 heterocycles. The van der Waals surface area contributed by atoms with Gasteiger partial charge in [0.05, 0.1) is 0 Å². The minimum absolute atomic E-state index is 0.556. The smallest absolute Gasteiger partial charge is 0.136 e. The van der Waals surface area contributed by atoms with E-state index < -0.39 is 0 Å². The van der Waals surface area contributed by atoms with Crippen LogP contribution in [0.3, 0.4) is 0 Å². The summed E-state index contributed by atoms with van der Waals surface area (Å²) in [6.45, 7) is 0. The first-order chi connectivity index (χ1) is 8.36. The lowest BCUT2D eigenvalue weighted by atomic mass is 10.00. The van der Waals surface area contributed by atoms with Crippen molar-refractivity contribution < 1.29 is 0 Å². The molecule has 1 nitrogen and oxygen atoms in total. The number of fused-ring (bicyclic) bond motifs is 1. The first-order valence-corrected chi connectivity index (χ1v) is 5.83. The second kappa shape index (κ2) is 4.19. The molecule has 0 unspecified atom stereocenters. The third-order valence-corrected chi connectivity index (χ3v) is 3.14. The fraction of sp³-hybridized carbons (Fsp3) is 0. The maximum absolute atomic E-state index is 6.11. The Morgan fingerprint density at radius 1 is 0.765 bits per heavy atom. The van der Waals surface area contributed by atoms with Crippen LogP contribution in [0.2, 0.25) is 5.15 Å². The first-order valence-electron chi connectivity index (χ1n) is 5.45. The molecule has 17 heavy (non-hydrogen) atoms.